The zero-order valence-corrected chi connectivity index (χ0v) is 15.6. The highest BCUT2D eigenvalue weighted by Gasteiger charge is 2.65. The van der Waals surface area contributed by atoms with E-state index in [-0.39, 0.29) is 25.0 Å². The fourth-order valence-electron chi connectivity index (χ4n) is 7.69. The van der Waals surface area contributed by atoms with Gasteiger partial charge in [0.25, 0.3) is 0 Å². The van der Waals surface area contributed by atoms with Crippen molar-refractivity contribution in [2.24, 2.45) is 34.0 Å². The summed E-state index contributed by atoms with van der Waals surface area (Å²) in [5, 5.41) is 11.0. The average Bonchev–Trinajstić information content (AvgIpc) is 2.59. The van der Waals surface area contributed by atoms with Crippen LogP contribution >= 0.6 is 13.5 Å². The van der Waals surface area contributed by atoms with E-state index in [0.717, 1.165) is 11.8 Å². The standard InChI is InChI=1S/C20H32O.H2S/c1-13-14-6-7-16-19(4)10-5-9-18(2,3)15(19)8-11-20(16,12-14)17(13)21;/h14-17,21H,1,5-12H2,2-4H3;1H2/t14?,15-,16+,17-,19?,20?;/m1./s1. The van der Waals surface area contributed by atoms with Gasteiger partial charge in [-0.15, -0.1) is 0 Å². The second kappa shape index (κ2) is 5.02. The van der Waals surface area contributed by atoms with E-state index in [1.807, 2.05) is 0 Å². The lowest BCUT2D eigenvalue weighted by molar-refractivity contribution is -0.167. The Morgan fingerprint density at radius 3 is 2.45 bits per heavy atom. The second-order valence-electron chi connectivity index (χ2n) is 9.68. The van der Waals surface area contributed by atoms with E-state index in [9.17, 15) is 5.11 Å². The van der Waals surface area contributed by atoms with Crippen LogP contribution in [0.3, 0.4) is 0 Å². The van der Waals surface area contributed by atoms with E-state index in [1.165, 1.54) is 56.9 Å². The third kappa shape index (κ3) is 1.89. The maximum atomic E-state index is 11.0. The van der Waals surface area contributed by atoms with Gasteiger partial charge in [-0.25, -0.2) is 0 Å². The van der Waals surface area contributed by atoms with Gasteiger partial charge in [-0.05, 0) is 79.1 Å². The molecular formula is C20H34OS. The number of rotatable bonds is 0. The van der Waals surface area contributed by atoms with Gasteiger partial charge in [-0.3, -0.25) is 0 Å². The molecule has 4 fully saturated rings. The van der Waals surface area contributed by atoms with Gasteiger partial charge < -0.3 is 5.11 Å². The summed E-state index contributed by atoms with van der Waals surface area (Å²) in [6, 6.07) is 0. The minimum atomic E-state index is -0.210. The summed E-state index contributed by atoms with van der Waals surface area (Å²) < 4.78 is 0. The molecule has 22 heavy (non-hydrogen) atoms. The highest BCUT2D eigenvalue weighted by Crippen LogP contribution is 2.71. The Labute approximate surface area is 143 Å². The van der Waals surface area contributed by atoms with Crippen molar-refractivity contribution in [2.75, 3.05) is 0 Å². The summed E-state index contributed by atoms with van der Waals surface area (Å²) >= 11 is 0. The first-order valence-corrected chi connectivity index (χ1v) is 9.18. The summed E-state index contributed by atoms with van der Waals surface area (Å²) in [5.41, 5.74) is 2.32. The number of hydrogen-bond acceptors (Lipinski definition) is 1. The van der Waals surface area contributed by atoms with Crippen LogP contribution < -0.4 is 0 Å². The van der Waals surface area contributed by atoms with Crippen LogP contribution in [0.15, 0.2) is 12.2 Å². The van der Waals surface area contributed by atoms with Crippen LogP contribution in [0.5, 0.6) is 0 Å². The van der Waals surface area contributed by atoms with Gasteiger partial charge in [0.15, 0.2) is 0 Å². The van der Waals surface area contributed by atoms with E-state index in [0.29, 0.717) is 16.7 Å². The van der Waals surface area contributed by atoms with E-state index >= 15 is 0 Å². The van der Waals surface area contributed by atoms with Crippen LogP contribution in [0.2, 0.25) is 0 Å². The molecule has 126 valence electrons. The molecule has 4 saturated carbocycles. The third-order valence-electron chi connectivity index (χ3n) is 8.51. The van der Waals surface area contributed by atoms with Gasteiger partial charge >= 0.3 is 0 Å². The summed E-state index contributed by atoms with van der Waals surface area (Å²) in [6.07, 6.45) is 10.4. The quantitative estimate of drug-likeness (QED) is 0.618. The van der Waals surface area contributed by atoms with Crippen molar-refractivity contribution in [3.63, 3.8) is 0 Å². The molecule has 2 heteroatoms. The molecule has 4 aliphatic rings. The molecule has 4 aliphatic carbocycles. The number of aliphatic hydroxyl groups excluding tert-OH is 1. The maximum absolute atomic E-state index is 11.0. The minimum Gasteiger partial charge on any atom is -0.388 e. The van der Waals surface area contributed by atoms with Gasteiger partial charge in [0.1, 0.15) is 0 Å². The van der Waals surface area contributed by atoms with Gasteiger partial charge in [-0.1, -0.05) is 33.8 Å². The normalized spacial score (nSPS) is 52.5. The molecule has 0 aromatic carbocycles. The molecule has 0 aromatic heterocycles. The first-order chi connectivity index (χ1) is 9.81. The van der Waals surface area contributed by atoms with Gasteiger partial charge in [0, 0.05) is 5.41 Å². The molecule has 6 atom stereocenters. The predicted molar refractivity (Wildman–Crippen MR) is 97.3 cm³/mol. The molecule has 0 amide bonds. The highest BCUT2D eigenvalue weighted by atomic mass is 32.1. The van der Waals surface area contributed by atoms with Gasteiger partial charge in [0.05, 0.1) is 6.10 Å². The number of hydrogen-bond donors (Lipinski definition) is 1. The smallest absolute Gasteiger partial charge is 0.0809 e. The van der Waals surface area contributed by atoms with E-state index in [4.69, 9.17) is 0 Å². The van der Waals surface area contributed by atoms with E-state index < -0.39 is 0 Å². The van der Waals surface area contributed by atoms with Crippen LogP contribution in [0.1, 0.15) is 72.1 Å². The van der Waals surface area contributed by atoms with Crippen molar-refractivity contribution in [3.8, 4) is 0 Å². The molecule has 1 nitrogen and oxygen atoms in total. The Morgan fingerprint density at radius 1 is 1.00 bits per heavy atom. The lowest BCUT2D eigenvalue weighted by Gasteiger charge is -2.64. The van der Waals surface area contributed by atoms with Crippen molar-refractivity contribution in [2.45, 2.75) is 78.2 Å². The monoisotopic (exact) mass is 322 g/mol. The second-order valence-corrected chi connectivity index (χ2v) is 9.68. The molecule has 4 rings (SSSR count). The van der Waals surface area contributed by atoms with Crippen molar-refractivity contribution in [1.82, 2.24) is 0 Å². The molecular weight excluding hydrogens is 288 g/mol. The molecule has 0 saturated heterocycles. The lowest BCUT2D eigenvalue weighted by Crippen LogP contribution is -2.58. The van der Waals surface area contributed by atoms with Crippen molar-refractivity contribution < 1.29 is 5.11 Å². The third-order valence-corrected chi connectivity index (χ3v) is 8.51. The summed E-state index contributed by atoms with van der Waals surface area (Å²) in [7, 11) is 0. The molecule has 0 aromatic rings. The molecule has 0 radical (unpaired) electrons. The zero-order valence-electron chi connectivity index (χ0n) is 14.6. The first-order valence-electron chi connectivity index (χ1n) is 9.18. The van der Waals surface area contributed by atoms with Crippen LogP contribution in [-0.2, 0) is 0 Å². The van der Waals surface area contributed by atoms with Crippen LogP contribution in [0.4, 0.5) is 0 Å². The Bertz CT molecular complexity index is 484. The number of aliphatic hydroxyl groups is 1. The van der Waals surface area contributed by atoms with Crippen LogP contribution in [0.25, 0.3) is 0 Å². The van der Waals surface area contributed by atoms with Gasteiger partial charge in [0.2, 0.25) is 0 Å². The highest BCUT2D eigenvalue weighted by molar-refractivity contribution is 7.59. The lowest BCUT2D eigenvalue weighted by atomic mass is 9.41. The molecule has 0 aliphatic heterocycles. The largest absolute Gasteiger partial charge is 0.388 e. The Hall–Kier alpha value is 0.0500. The Morgan fingerprint density at radius 2 is 1.73 bits per heavy atom. The van der Waals surface area contributed by atoms with E-state index in [1.54, 1.807) is 0 Å². The zero-order chi connectivity index (χ0) is 15.0. The van der Waals surface area contributed by atoms with Crippen molar-refractivity contribution >= 4 is 13.5 Å². The van der Waals surface area contributed by atoms with E-state index in [2.05, 4.69) is 27.4 Å². The van der Waals surface area contributed by atoms with Gasteiger partial charge in [-0.2, -0.15) is 13.5 Å². The maximum Gasteiger partial charge on any atom is 0.0809 e. The average molecular weight is 323 g/mol. The molecule has 0 heterocycles. The first kappa shape index (κ1) is 16.9. The topological polar surface area (TPSA) is 20.2 Å². The molecule has 2 bridgehead atoms. The summed E-state index contributed by atoms with van der Waals surface area (Å²) in [6.45, 7) is 11.9. The van der Waals surface area contributed by atoms with Crippen LogP contribution in [-0.4, -0.2) is 11.2 Å². The summed E-state index contributed by atoms with van der Waals surface area (Å²) in [4.78, 5) is 0. The van der Waals surface area contributed by atoms with Crippen molar-refractivity contribution in [3.05, 3.63) is 12.2 Å². The molecule has 1 N–H and O–H groups in total. The SMILES string of the molecule is C=C1C2CC[C@H]3C4(C)CCCC(C)(C)[C@H]4CCC3(C2)[C@@H]1O.S. The van der Waals surface area contributed by atoms with Crippen LogP contribution in [0, 0.1) is 34.0 Å². The predicted octanol–water partition coefficient (Wildman–Crippen LogP) is 5.06. The molecule has 3 unspecified atom stereocenters. The minimum absolute atomic E-state index is 0. The number of fused-ring (bicyclic) bond motifs is 3. The fourth-order valence-corrected chi connectivity index (χ4v) is 7.69. The van der Waals surface area contributed by atoms with Crippen molar-refractivity contribution in [1.29, 1.82) is 0 Å². The fraction of sp³-hybridized carbons (Fsp3) is 0.900. The Balaban J connectivity index is 0.00000144. The Kier molecular flexibility index (Phi) is 3.86. The molecule has 1 spiro atoms. The summed E-state index contributed by atoms with van der Waals surface area (Å²) in [5.74, 6) is 2.20.